The summed E-state index contributed by atoms with van der Waals surface area (Å²) in [5, 5.41) is 125. The fourth-order valence-corrected chi connectivity index (χ4v) is 18.7. The molecule has 24 heteroatoms. The number of fused-ring (bicyclic) bond motifs is 7. The number of hydrogen-bond donors (Lipinski definition) is 12. The Balaban J connectivity index is 0.717. The van der Waals surface area contributed by atoms with Crippen molar-refractivity contribution in [1.82, 2.24) is 5.32 Å². The van der Waals surface area contributed by atoms with Crippen LogP contribution in [0.1, 0.15) is 150 Å². The van der Waals surface area contributed by atoms with Gasteiger partial charge in [0.05, 0.1) is 36.9 Å². The Kier molecular flexibility index (Phi) is 22.1. The van der Waals surface area contributed by atoms with Gasteiger partial charge in [0.25, 0.3) is 5.91 Å². The zero-order chi connectivity index (χ0) is 69.0. The van der Waals surface area contributed by atoms with E-state index in [2.05, 4.69) is 58.1 Å². The number of hydrogen-bond acceptors (Lipinski definition) is 23. The van der Waals surface area contributed by atoms with Gasteiger partial charge in [0, 0.05) is 6.54 Å². The highest BCUT2D eigenvalue weighted by Gasteiger charge is 2.73. The van der Waals surface area contributed by atoms with Crippen molar-refractivity contribution in [2.24, 2.45) is 50.2 Å². The third kappa shape index (κ3) is 13.7. The Morgan fingerprint density at radius 3 is 1.94 bits per heavy atom. The minimum absolute atomic E-state index is 0.0331. The highest BCUT2D eigenvalue weighted by atomic mass is 16.8. The number of nitrogens with one attached hydrogen (secondary N) is 1. The Bertz CT molecular complexity index is 3010. The number of benzene rings is 2. The van der Waals surface area contributed by atoms with Crippen LogP contribution in [0.2, 0.25) is 0 Å². The molecule has 5 aliphatic carbocycles. The quantitative estimate of drug-likeness (QED) is 0.0277. The summed E-state index contributed by atoms with van der Waals surface area (Å²) in [4.78, 5) is 43.0. The molecule has 28 atom stereocenters. The lowest BCUT2D eigenvalue weighted by molar-refractivity contribution is -0.369. The van der Waals surface area contributed by atoms with Crippen LogP contribution >= 0.6 is 0 Å². The number of aryl methyl sites for hydroxylation is 1. The lowest BCUT2D eigenvalue weighted by atomic mass is 9.33. The average molecular weight is 1350 g/mol. The van der Waals surface area contributed by atoms with Crippen LogP contribution in [0.25, 0.3) is 0 Å². The molecule has 11 rings (SSSR count). The van der Waals surface area contributed by atoms with E-state index in [1.807, 2.05) is 49.4 Å². The van der Waals surface area contributed by atoms with Crippen LogP contribution in [-0.4, -0.2) is 217 Å². The van der Waals surface area contributed by atoms with Gasteiger partial charge in [-0.2, -0.15) is 0 Å². The van der Waals surface area contributed by atoms with Gasteiger partial charge in [-0.1, -0.05) is 109 Å². The van der Waals surface area contributed by atoms with Crippen LogP contribution in [0, 0.1) is 50.2 Å². The SMILES string of the molecule is CC1O[C@@H](OC2[C@@H](OC(=O)[C@]34CCC(C)(C)CC3C3=CCC5C6(C)CC[C@H](O[C@@H]7OC(C(=O)NCCCCCCCCc8ccc(Oc9ccccc9)cc8)[C@@H](O)[C@H](O)C7O)[C@](C)(C=O)[C@@H]6CCC5(C)[C@]3(C)CC4O)OC[C@H](O)[C@H]2O)C(O)[C@@H](O)[C@H]1O[C@@H]1OC[C@@H](O)[C@H](O)C1O. The van der Waals surface area contributed by atoms with E-state index in [0.29, 0.717) is 57.9 Å². The summed E-state index contributed by atoms with van der Waals surface area (Å²) in [7, 11) is 0. The first kappa shape index (κ1) is 73.1. The smallest absolute Gasteiger partial charge is 0.317 e. The molecule has 9 aliphatic rings. The number of amides is 1. The summed E-state index contributed by atoms with van der Waals surface area (Å²) < 4.78 is 53.9. The molecule has 8 fully saturated rings. The zero-order valence-electron chi connectivity index (χ0n) is 56.4. The van der Waals surface area contributed by atoms with E-state index < -0.39 is 174 Å². The van der Waals surface area contributed by atoms with Crippen molar-refractivity contribution in [2.75, 3.05) is 19.8 Å². The van der Waals surface area contributed by atoms with Crippen molar-refractivity contribution in [3.05, 3.63) is 71.8 Å². The molecule has 0 bridgehead atoms. The van der Waals surface area contributed by atoms with Crippen molar-refractivity contribution >= 4 is 18.2 Å². The summed E-state index contributed by atoms with van der Waals surface area (Å²) in [6.45, 7) is 13.8. The molecular formula is C72H105NO23. The minimum Gasteiger partial charge on any atom is -0.457 e. The molecule has 0 radical (unpaired) electrons. The van der Waals surface area contributed by atoms with Gasteiger partial charge in [0.1, 0.15) is 90.3 Å². The largest absolute Gasteiger partial charge is 0.457 e. The van der Waals surface area contributed by atoms with Gasteiger partial charge < -0.3 is 109 Å². The van der Waals surface area contributed by atoms with Gasteiger partial charge in [-0.25, -0.2) is 0 Å². The van der Waals surface area contributed by atoms with Gasteiger partial charge >= 0.3 is 5.97 Å². The maximum absolute atomic E-state index is 15.5. The molecule has 4 heterocycles. The Morgan fingerprint density at radius 1 is 0.604 bits per heavy atom. The topological polar surface area (TPSA) is 369 Å². The number of carbonyl (C=O) groups excluding carboxylic acids is 3. The molecule has 12 N–H and O–H groups in total. The van der Waals surface area contributed by atoms with Gasteiger partial charge in [-0.15, -0.1) is 0 Å². The van der Waals surface area contributed by atoms with Crippen molar-refractivity contribution in [3.8, 4) is 11.5 Å². The van der Waals surface area contributed by atoms with Crippen LogP contribution < -0.4 is 10.1 Å². The van der Waals surface area contributed by atoms with Crippen LogP contribution in [0.15, 0.2) is 66.2 Å². The number of aliphatic hydroxyl groups is 11. The monoisotopic (exact) mass is 1350 g/mol. The van der Waals surface area contributed by atoms with E-state index in [1.165, 1.54) is 12.5 Å². The Hall–Kier alpha value is -4.13. The van der Waals surface area contributed by atoms with Crippen LogP contribution in [0.3, 0.4) is 0 Å². The molecule has 2 aromatic rings. The Morgan fingerprint density at radius 2 is 1.23 bits per heavy atom. The van der Waals surface area contributed by atoms with E-state index in [9.17, 15) is 65.8 Å². The standard InChI is InChI=1S/C72H105NO23/c1-38-58(93-62-55(83)50(78)44(75)35-88-62)54(82)57(85)63(90-38)95-60-51(79)45(76)36-89-65(60)96-66(87)72-31-30-67(2,3)33-43(72)42-24-25-47-68(4)28-27-49(69(5,37-74)46(68)26-29-70(47,6)71(42,7)34-48(72)77)92-64-56(84)52(80)53(81)59(94-64)61(86)73-32-16-11-9-8-10-13-17-39-20-22-41(23-21-39)91-40-18-14-12-15-19-40/h12,14-15,18-24,37-38,43-60,62-65,75-85H,8-11,13,16-17,25-36H2,1-7H3,(H,73,86)/t38?,43?,44-,45+,46-,47?,48?,49+,50+,51-,52+,53+,54-,55?,56?,57?,58+,59?,60?,62+,63+,64-,65-,68?,69-,70?,71-,72-/m1/s1. The second kappa shape index (κ2) is 29.1. The number of aliphatic hydroxyl groups excluding tert-OH is 11. The van der Waals surface area contributed by atoms with Crippen molar-refractivity contribution in [1.29, 1.82) is 0 Å². The summed E-state index contributed by atoms with van der Waals surface area (Å²) in [5.41, 5.74) is -2.30. The predicted molar refractivity (Wildman–Crippen MR) is 341 cm³/mol. The lowest BCUT2D eigenvalue weighted by Crippen LogP contribution is -2.69. The minimum atomic E-state index is -1.90. The molecule has 0 spiro atoms. The molecule has 24 nitrogen and oxygen atoms in total. The van der Waals surface area contributed by atoms with E-state index in [1.54, 1.807) is 0 Å². The van der Waals surface area contributed by atoms with Gasteiger partial charge in [-0.05, 0) is 153 Å². The van der Waals surface area contributed by atoms with Crippen LogP contribution in [-0.2, 0) is 58.7 Å². The highest BCUT2D eigenvalue weighted by Crippen LogP contribution is 2.76. The normalized spacial score (nSPS) is 45.2. The number of unbranched alkanes of at least 4 members (excludes halogenated alkanes) is 5. The molecule has 96 heavy (non-hydrogen) atoms. The third-order valence-corrected chi connectivity index (χ3v) is 24.7. The number of esters is 1. The van der Waals surface area contributed by atoms with E-state index in [-0.39, 0.29) is 36.7 Å². The Labute approximate surface area is 561 Å². The van der Waals surface area contributed by atoms with Crippen LogP contribution in [0.4, 0.5) is 0 Å². The summed E-state index contributed by atoms with van der Waals surface area (Å²) >= 11 is 0. The number of ether oxygens (including phenoxy) is 9. The molecule has 2 aromatic carbocycles. The lowest BCUT2D eigenvalue weighted by Gasteiger charge is -2.71. The molecule has 536 valence electrons. The number of rotatable bonds is 21. The van der Waals surface area contributed by atoms with E-state index in [4.69, 9.17) is 42.6 Å². The predicted octanol–water partition coefficient (Wildman–Crippen LogP) is 3.92. The van der Waals surface area contributed by atoms with E-state index >= 15 is 4.79 Å². The zero-order valence-corrected chi connectivity index (χ0v) is 56.4. The first-order valence-electron chi connectivity index (χ1n) is 35.0. The number of allylic oxidation sites excluding steroid dienone is 2. The first-order chi connectivity index (χ1) is 45.5. The molecular weight excluding hydrogens is 1250 g/mol. The van der Waals surface area contributed by atoms with Crippen LogP contribution in [0.5, 0.6) is 11.5 Å². The third-order valence-electron chi connectivity index (χ3n) is 24.7. The fraction of sp³-hybridized carbons (Fsp3) is 0.764. The van der Waals surface area contributed by atoms with Crippen molar-refractivity contribution in [2.45, 2.75) is 274 Å². The molecule has 4 saturated heterocycles. The molecule has 4 aliphatic heterocycles. The molecule has 11 unspecified atom stereocenters. The molecule has 0 aromatic heterocycles. The number of carbonyl (C=O) groups is 3. The molecule has 1 amide bonds. The van der Waals surface area contributed by atoms with Crippen molar-refractivity contribution < 1.29 is 113 Å². The second-order valence-corrected chi connectivity index (χ2v) is 31.0. The second-order valence-electron chi connectivity index (χ2n) is 31.0. The number of aldehydes is 1. The molecule has 4 saturated carbocycles. The van der Waals surface area contributed by atoms with E-state index in [0.717, 1.165) is 61.9 Å². The summed E-state index contributed by atoms with van der Waals surface area (Å²) in [6, 6.07) is 17.8. The van der Waals surface area contributed by atoms with Gasteiger partial charge in [0.15, 0.2) is 31.1 Å². The maximum atomic E-state index is 15.5. The van der Waals surface area contributed by atoms with Crippen molar-refractivity contribution in [3.63, 3.8) is 0 Å². The summed E-state index contributed by atoms with van der Waals surface area (Å²) in [6.07, 6.45) is -17.2. The average Bonchev–Trinajstić information content (AvgIpc) is 0.671. The first-order valence-corrected chi connectivity index (χ1v) is 35.0. The van der Waals surface area contributed by atoms with Gasteiger partial charge in [0.2, 0.25) is 6.29 Å². The summed E-state index contributed by atoms with van der Waals surface area (Å²) in [5.74, 6) is -0.677. The fourth-order valence-electron chi connectivity index (χ4n) is 18.7. The highest BCUT2D eigenvalue weighted by molar-refractivity contribution is 5.82. The maximum Gasteiger partial charge on any atom is 0.317 e. The van der Waals surface area contributed by atoms with Gasteiger partial charge in [-0.3, -0.25) is 9.59 Å². The number of para-hydroxylation sites is 1.